The van der Waals surface area contributed by atoms with E-state index in [9.17, 15) is 28.6 Å². The number of benzene rings is 2. The Morgan fingerprint density at radius 2 is 1.54 bits per heavy atom. The van der Waals surface area contributed by atoms with Gasteiger partial charge in [-0.25, -0.2) is 0 Å². The highest BCUT2D eigenvalue weighted by Gasteiger charge is 2.26. The normalized spacial score (nSPS) is 11.0. The van der Waals surface area contributed by atoms with E-state index in [4.69, 9.17) is 4.18 Å². The fraction of sp³-hybridized carbons (Fsp3) is 0.143. The van der Waals surface area contributed by atoms with Crippen molar-refractivity contribution in [3.8, 4) is 5.75 Å². The Hall–Kier alpha value is -3.01. The molecule has 24 heavy (non-hydrogen) atoms. The van der Waals surface area contributed by atoms with Crippen LogP contribution in [0.4, 0.5) is 11.4 Å². The first-order chi connectivity index (χ1) is 11.3. The summed E-state index contributed by atoms with van der Waals surface area (Å²) in [7, 11) is -4.00. The van der Waals surface area contributed by atoms with Crippen LogP contribution >= 0.6 is 0 Å². The first-order valence-corrected chi connectivity index (χ1v) is 8.25. The monoisotopic (exact) mass is 352 g/mol. The fourth-order valence-electron chi connectivity index (χ4n) is 1.93. The van der Waals surface area contributed by atoms with E-state index < -0.39 is 31.3 Å². The summed E-state index contributed by atoms with van der Waals surface area (Å²) in [4.78, 5) is 19.7. The summed E-state index contributed by atoms with van der Waals surface area (Å²) in [5, 5.41) is 21.6. The van der Waals surface area contributed by atoms with Crippen molar-refractivity contribution >= 4 is 21.5 Å². The molecular formula is C14H12N2O7S. The van der Waals surface area contributed by atoms with Crippen LogP contribution in [-0.2, 0) is 16.5 Å². The molecule has 2 rings (SSSR count). The Kier molecular flexibility index (Phi) is 5.09. The summed E-state index contributed by atoms with van der Waals surface area (Å²) in [5.74, 6) is -0.678. The molecular weight excluding hydrogens is 340 g/mol. The molecule has 0 heterocycles. The minimum absolute atomic E-state index is 0.207. The minimum atomic E-state index is -4.00. The highest BCUT2D eigenvalue weighted by atomic mass is 32.2. The molecule has 0 radical (unpaired) electrons. The van der Waals surface area contributed by atoms with Crippen LogP contribution in [0.1, 0.15) is 5.56 Å². The highest BCUT2D eigenvalue weighted by Crippen LogP contribution is 2.31. The number of nitro groups is 2. The molecule has 0 aromatic heterocycles. The van der Waals surface area contributed by atoms with Gasteiger partial charge < -0.3 is 4.18 Å². The molecule has 0 N–H and O–H groups in total. The van der Waals surface area contributed by atoms with E-state index in [0.717, 1.165) is 23.8 Å². The van der Waals surface area contributed by atoms with Crippen LogP contribution in [0, 0.1) is 20.2 Å². The Balaban J connectivity index is 2.16. The van der Waals surface area contributed by atoms with E-state index in [0.29, 0.717) is 0 Å². The molecule has 10 heteroatoms. The molecule has 0 aliphatic heterocycles. The van der Waals surface area contributed by atoms with Gasteiger partial charge in [-0.2, -0.15) is 8.42 Å². The van der Waals surface area contributed by atoms with Gasteiger partial charge in [-0.05, 0) is 18.1 Å². The fourth-order valence-corrected chi connectivity index (χ4v) is 2.90. The molecule has 0 fully saturated rings. The zero-order chi connectivity index (χ0) is 17.7. The summed E-state index contributed by atoms with van der Waals surface area (Å²) < 4.78 is 28.7. The number of nitro benzene ring substituents is 2. The first-order valence-electron chi connectivity index (χ1n) is 6.67. The molecule has 0 bridgehead atoms. The number of aryl methyl sites for hydroxylation is 1. The van der Waals surface area contributed by atoms with Gasteiger partial charge in [-0.1, -0.05) is 30.3 Å². The van der Waals surface area contributed by atoms with Crippen molar-refractivity contribution in [1.29, 1.82) is 0 Å². The van der Waals surface area contributed by atoms with Crippen molar-refractivity contribution in [2.45, 2.75) is 6.42 Å². The second-order valence-electron chi connectivity index (χ2n) is 4.75. The Morgan fingerprint density at radius 3 is 2.12 bits per heavy atom. The van der Waals surface area contributed by atoms with Crippen LogP contribution < -0.4 is 4.18 Å². The van der Waals surface area contributed by atoms with Crippen molar-refractivity contribution in [3.63, 3.8) is 0 Å². The van der Waals surface area contributed by atoms with Crippen LogP contribution in [0.25, 0.3) is 0 Å². The smallest absolute Gasteiger partial charge is 0.349 e. The van der Waals surface area contributed by atoms with Gasteiger partial charge in [0, 0.05) is 6.07 Å². The van der Waals surface area contributed by atoms with Crippen LogP contribution in [0.3, 0.4) is 0 Å². The van der Waals surface area contributed by atoms with Gasteiger partial charge in [-0.3, -0.25) is 20.2 Å². The SMILES string of the molecule is O=[N+]([O-])c1ccc(OS(=O)(=O)CCc2ccccc2)cc1[N+](=O)[O-]. The molecule has 0 saturated heterocycles. The third kappa shape index (κ3) is 4.49. The topological polar surface area (TPSA) is 130 Å². The molecule has 126 valence electrons. The van der Waals surface area contributed by atoms with Crippen molar-refractivity contribution in [2.75, 3.05) is 5.75 Å². The maximum atomic E-state index is 11.9. The average molecular weight is 352 g/mol. The number of hydrogen-bond acceptors (Lipinski definition) is 7. The van der Waals surface area contributed by atoms with E-state index in [1.54, 1.807) is 30.3 Å². The molecule has 0 atom stereocenters. The number of hydrogen-bond donors (Lipinski definition) is 0. The lowest BCUT2D eigenvalue weighted by atomic mass is 10.2. The predicted octanol–water partition coefficient (Wildman–Crippen LogP) is 2.45. The van der Waals surface area contributed by atoms with E-state index in [-0.39, 0.29) is 17.9 Å². The van der Waals surface area contributed by atoms with Gasteiger partial charge in [0.15, 0.2) is 0 Å². The summed E-state index contributed by atoms with van der Waals surface area (Å²) in [6.45, 7) is 0. The Bertz CT molecular complexity index is 866. The third-order valence-corrected chi connectivity index (χ3v) is 4.20. The molecule has 0 aliphatic rings. The van der Waals surface area contributed by atoms with E-state index in [1.165, 1.54) is 0 Å². The lowest BCUT2D eigenvalue weighted by molar-refractivity contribution is -0.422. The average Bonchev–Trinajstić information content (AvgIpc) is 2.53. The maximum Gasteiger partial charge on any atom is 0.349 e. The largest absolute Gasteiger partial charge is 0.382 e. The van der Waals surface area contributed by atoms with E-state index in [1.807, 2.05) is 0 Å². The quantitative estimate of drug-likeness (QED) is 0.425. The highest BCUT2D eigenvalue weighted by molar-refractivity contribution is 7.87. The van der Waals surface area contributed by atoms with Crippen LogP contribution in [0.15, 0.2) is 48.5 Å². The minimum Gasteiger partial charge on any atom is -0.382 e. The summed E-state index contributed by atoms with van der Waals surface area (Å²) in [5.41, 5.74) is -0.788. The maximum absolute atomic E-state index is 11.9. The van der Waals surface area contributed by atoms with Crippen molar-refractivity contribution < 1.29 is 22.4 Å². The van der Waals surface area contributed by atoms with Gasteiger partial charge in [0.1, 0.15) is 5.75 Å². The summed E-state index contributed by atoms with van der Waals surface area (Å²) >= 11 is 0. The zero-order valence-corrected chi connectivity index (χ0v) is 13.0. The molecule has 2 aromatic rings. The second-order valence-corrected chi connectivity index (χ2v) is 6.44. The van der Waals surface area contributed by atoms with Crippen molar-refractivity contribution in [3.05, 3.63) is 74.3 Å². The Morgan fingerprint density at radius 1 is 0.917 bits per heavy atom. The third-order valence-electron chi connectivity index (χ3n) is 3.05. The summed E-state index contributed by atoms with van der Waals surface area (Å²) in [6, 6.07) is 11.4. The number of rotatable bonds is 7. The summed E-state index contributed by atoms with van der Waals surface area (Å²) in [6.07, 6.45) is 0.207. The predicted molar refractivity (Wildman–Crippen MR) is 84.3 cm³/mol. The van der Waals surface area contributed by atoms with Gasteiger partial charge in [0.2, 0.25) is 0 Å². The molecule has 0 unspecified atom stereocenters. The zero-order valence-electron chi connectivity index (χ0n) is 12.2. The van der Waals surface area contributed by atoms with Gasteiger partial charge in [0.25, 0.3) is 0 Å². The van der Waals surface area contributed by atoms with E-state index >= 15 is 0 Å². The van der Waals surface area contributed by atoms with Crippen molar-refractivity contribution in [2.24, 2.45) is 0 Å². The standard InChI is InChI=1S/C14H12N2O7S/c17-15(18)13-7-6-12(10-14(13)16(19)20)23-24(21,22)9-8-11-4-2-1-3-5-11/h1-7,10H,8-9H2. The van der Waals surface area contributed by atoms with Gasteiger partial charge in [-0.15, -0.1) is 0 Å². The molecule has 0 aliphatic carbocycles. The molecule has 0 amide bonds. The molecule has 9 nitrogen and oxygen atoms in total. The van der Waals surface area contributed by atoms with Crippen LogP contribution in [-0.4, -0.2) is 24.0 Å². The lowest BCUT2D eigenvalue weighted by Gasteiger charge is -2.07. The molecule has 0 spiro atoms. The second kappa shape index (κ2) is 7.04. The first kappa shape index (κ1) is 17.3. The van der Waals surface area contributed by atoms with Crippen LogP contribution in [0.5, 0.6) is 5.75 Å². The number of nitrogens with zero attached hydrogens (tertiary/aromatic N) is 2. The van der Waals surface area contributed by atoms with E-state index in [2.05, 4.69) is 0 Å². The van der Waals surface area contributed by atoms with Gasteiger partial charge >= 0.3 is 21.5 Å². The van der Waals surface area contributed by atoms with Gasteiger partial charge in [0.05, 0.1) is 21.7 Å². The lowest BCUT2D eigenvalue weighted by Crippen LogP contribution is -2.15. The van der Waals surface area contributed by atoms with Crippen LogP contribution in [0.2, 0.25) is 0 Å². The molecule has 0 saturated carbocycles. The molecule has 2 aromatic carbocycles. The Labute approximate surface area is 136 Å². The van der Waals surface area contributed by atoms with Crippen molar-refractivity contribution in [1.82, 2.24) is 0 Å².